The first-order valence-electron chi connectivity index (χ1n) is 15.2. The first kappa shape index (κ1) is 30.7. The van der Waals surface area contributed by atoms with Crippen LogP contribution in [0.2, 0.25) is 0 Å². The summed E-state index contributed by atoms with van der Waals surface area (Å²) in [5, 5.41) is 12.5. The van der Waals surface area contributed by atoms with Crippen molar-refractivity contribution in [3.63, 3.8) is 0 Å². The zero-order valence-corrected chi connectivity index (χ0v) is 26.4. The molecule has 5 aliphatic rings. The Labute approximate surface area is 248 Å². The highest BCUT2D eigenvalue weighted by Crippen LogP contribution is 2.75. The van der Waals surface area contributed by atoms with Crippen LogP contribution in [-0.2, 0) is 9.59 Å². The van der Waals surface area contributed by atoms with Crippen LogP contribution >= 0.6 is 12.2 Å². The van der Waals surface area contributed by atoms with Gasteiger partial charge in [0, 0.05) is 23.2 Å². The number of nitrogens with zero attached hydrogens (tertiary/aromatic N) is 1. The third kappa shape index (κ3) is 4.21. The Kier molecular flexibility index (Phi) is 6.84. The van der Waals surface area contributed by atoms with Crippen LogP contribution in [0.15, 0.2) is 11.6 Å². The first-order valence-corrected chi connectivity index (χ1v) is 15.6. The molecule has 0 aromatic heterocycles. The van der Waals surface area contributed by atoms with Crippen LogP contribution in [0, 0.1) is 67.5 Å². The van der Waals surface area contributed by atoms with Gasteiger partial charge in [-0.1, -0.05) is 66.8 Å². The summed E-state index contributed by atoms with van der Waals surface area (Å²) in [5.41, 5.74) is -2.23. The number of fused-ring (bicyclic) bond motifs is 7. The summed E-state index contributed by atoms with van der Waals surface area (Å²) in [5.74, 6) is -0.337. The third-order valence-corrected chi connectivity index (χ3v) is 13.9. The lowest BCUT2D eigenvalue weighted by molar-refractivity contribution is -0.215. The topological polar surface area (TPSA) is 70.0 Å². The van der Waals surface area contributed by atoms with Crippen molar-refractivity contribution in [1.82, 2.24) is 5.32 Å². The zero-order valence-electron chi connectivity index (χ0n) is 25.6. The number of rotatable bonds is 2. The van der Waals surface area contributed by atoms with Crippen molar-refractivity contribution in [2.24, 2.45) is 56.2 Å². The SMILES string of the molecule is CC1(C)CC[C@]2(C(=S)NCC(F)(F)F)CC[C@]3(C)C(C(=O)CC4[C@@]5(C)C=C(C#N)C(=O)C(C)(C)C5CC[C@]43C)C2C1. The smallest absolute Gasteiger partial charge is 0.371 e. The molecule has 0 bridgehead atoms. The fourth-order valence-corrected chi connectivity index (χ4v) is 11.5. The second-order valence-corrected chi connectivity index (χ2v) is 16.6. The molecule has 0 heterocycles. The predicted octanol–water partition coefficient (Wildman–Crippen LogP) is 7.77. The molecule has 0 amide bonds. The van der Waals surface area contributed by atoms with E-state index in [1.54, 1.807) is 0 Å². The number of hydrogen-bond donors (Lipinski definition) is 1. The molecule has 0 aromatic rings. The molecule has 0 radical (unpaired) electrons. The monoisotopic (exact) mass is 590 g/mol. The van der Waals surface area contributed by atoms with E-state index in [-0.39, 0.29) is 62.0 Å². The number of nitriles is 1. The van der Waals surface area contributed by atoms with Crippen LogP contribution in [0.3, 0.4) is 0 Å². The summed E-state index contributed by atoms with van der Waals surface area (Å²) >= 11 is 5.78. The number of alkyl halides is 3. The molecule has 4 unspecified atom stereocenters. The lowest BCUT2D eigenvalue weighted by Crippen LogP contribution is -2.69. The summed E-state index contributed by atoms with van der Waals surface area (Å²) < 4.78 is 39.7. The van der Waals surface area contributed by atoms with Crippen LogP contribution in [0.5, 0.6) is 0 Å². The Morgan fingerprint density at radius 2 is 1.63 bits per heavy atom. The number of allylic oxidation sites excluding steroid dienone is 2. The van der Waals surface area contributed by atoms with Crippen LogP contribution in [0.25, 0.3) is 0 Å². The van der Waals surface area contributed by atoms with Crippen molar-refractivity contribution in [2.75, 3.05) is 6.54 Å². The molecule has 4 saturated carbocycles. The molecule has 8 atom stereocenters. The zero-order chi connectivity index (χ0) is 30.6. The van der Waals surface area contributed by atoms with Crippen LogP contribution in [0.1, 0.15) is 99.8 Å². The molecule has 4 fully saturated rings. The maximum absolute atomic E-state index is 14.6. The minimum Gasteiger partial charge on any atom is -0.371 e. The number of carbonyl (C=O) groups is 2. The van der Waals surface area contributed by atoms with Gasteiger partial charge in [0.05, 0.1) is 10.6 Å². The van der Waals surface area contributed by atoms with Gasteiger partial charge in [0.2, 0.25) is 0 Å². The van der Waals surface area contributed by atoms with Crippen LogP contribution in [0.4, 0.5) is 13.2 Å². The van der Waals surface area contributed by atoms with Gasteiger partial charge in [-0.3, -0.25) is 9.59 Å². The standard InChI is InChI=1S/C33H45F3N2O2S/c1-27(2)10-12-32(26(41)38-18-33(34,35)36)13-11-31(7)24(20(32)16-27)21(39)14-23-29(5)15-19(17-37)25(40)28(3,4)22(29)8-9-30(23,31)6/h15,20,22-24H,8-14,16,18H2,1-7H3,(H,38,41)/t20?,22?,23?,24?,29-,30+,31+,32-/m0/s1. The van der Waals surface area contributed by atoms with Gasteiger partial charge in [-0.2, -0.15) is 18.4 Å². The highest BCUT2D eigenvalue weighted by atomic mass is 32.1. The normalized spacial score (nSPS) is 44.8. The highest BCUT2D eigenvalue weighted by Gasteiger charge is 2.72. The second kappa shape index (κ2) is 9.13. The van der Waals surface area contributed by atoms with E-state index in [9.17, 15) is 28.0 Å². The molecule has 4 nitrogen and oxygen atoms in total. The Balaban J connectivity index is 1.59. The second-order valence-electron chi connectivity index (χ2n) is 16.1. The van der Waals surface area contributed by atoms with Crippen molar-refractivity contribution in [2.45, 2.75) is 106 Å². The van der Waals surface area contributed by atoms with Gasteiger partial charge in [0.25, 0.3) is 0 Å². The third-order valence-electron chi connectivity index (χ3n) is 13.4. The molecule has 5 rings (SSSR count). The number of nitrogens with one attached hydrogen (secondary N) is 1. The lowest BCUT2D eigenvalue weighted by atomic mass is 9.31. The van der Waals surface area contributed by atoms with E-state index in [1.165, 1.54) is 0 Å². The van der Waals surface area contributed by atoms with Gasteiger partial charge in [-0.25, -0.2) is 0 Å². The minimum absolute atomic E-state index is 0.0288. The van der Waals surface area contributed by atoms with Crippen LogP contribution < -0.4 is 5.32 Å². The van der Waals surface area contributed by atoms with E-state index < -0.39 is 29.0 Å². The van der Waals surface area contributed by atoms with Gasteiger partial charge in [-0.05, 0) is 84.4 Å². The maximum atomic E-state index is 14.6. The number of thiocarbonyl (C=S) groups is 1. The van der Waals surface area contributed by atoms with Crippen molar-refractivity contribution < 1.29 is 22.8 Å². The fourth-order valence-electron chi connectivity index (χ4n) is 11.1. The lowest BCUT2D eigenvalue weighted by Gasteiger charge is -2.72. The number of halogens is 3. The Bertz CT molecular complexity index is 1260. The minimum atomic E-state index is -4.37. The molecular weight excluding hydrogens is 545 g/mol. The van der Waals surface area contributed by atoms with Gasteiger partial charge in [0.1, 0.15) is 18.4 Å². The van der Waals surface area contributed by atoms with Gasteiger partial charge < -0.3 is 5.32 Å². The van der Waals surface area contributed by atoms with Gasteiger partial charge in [0.15, 0.2) is 5.78 Å². The van der Waals surface area contributed by atoms with Gasteiger partial charge >= 0.3 is 6.18 Å². The largest absolute Gasteiger partial charge is 0.405 e. The molecule has 0 aliphatic heterocycles. The number of carbonyl (C=O) groups excluding carboxylic acids is 2. The quantitative estimate of drug-likeness (QED) is 0.333. The molecule has 8 heteroatoms. The molecule has 0 spiro atoms. The molecule has 0 aromatic carbocycles. The molecule has 5 aliphatic carbocycles. The average molecular weight is 591 g/mol. The Morgan fingerprint density at radius 1 is 1.00 bits per heavy atom. The first-order chi connectivity index (χ1) is 18.7. The average Bonchev–Trinajstić information content (AvgIpc) is 2.85. The summed E-state index contributed by atoms with van der Waals surface area (Å²) in [4.78, 5) is 28.1. The van der Waals surface area contributed by atoms with Crippen molar-refractivity contribution in [3.05, 3.63) is 11.6 Å². The Hall–Kier alpha value is -1.75. The molecular formula is C33H45F3N2O2S. The molecule has 226 valence electrons. The van der Waals surface area contributed by atoms with E-state index in [4.69, 9.17) is 12.2 Å². The van der Waals surface area contributed by atoms with Gasteiger partial charge in [-0.15, -0.1) is 0 Å². The number of Topliss-reactive ketones (excluding diaryl/α,β-unsaturated/α-hetero) is 2. The highest BCUT2D eigenvalue weighted by molar-refractivity contribution is 7.80. The molecule has 1 N–H and O–H groups in total. The molecule has 41 heavy (non-hydrogen) atoms. The van der Waals surface area contributed by atoms with E-state index in [0.717, 1.165) is 32.1 Å². The Morgan fingerprint density at radius 3 is 2.24 bits per heavy atom. The summed E-state index contributed by atoms with van der Waals surface area (Å²) in [7, 11) is 0. The maximum Gasteiger partial charge on any atom is 0.405 e. The van der Waals surface area contributed by atoms with E-state index in [0.29, 0.717) is 19.3 Å². The summed E-state index contributed by atoms with van der Waals surface area (Å²) in [6.45, 7) is 13.9. The van der Waals surface area contributed by atoms with E-state index in [2.05, 4.69) is 46.0 Å². The van der Waals surface area contributed by atoms with Crippen LogP contribution in [-0.4, -0.2) is 29.3 Å². The van der Waals surface area contributed by atoms with E-state index >= 15 is 0 Å². The number of hydrogen-bond acceptors (Lipinski definition) is 4. The predicted molar refractivity (Wildman–Crippen MR) is 156 cm³/mol. The summed E-state index contributed by atoms with van der Waals surface area (Å²) in [6.07, 6.45) is 3.31. The van der Waals surface area contributed by atoms with Crippen molar-refractivity contribution in [3.8, 4) is 6.07 Å². The van der Waals surface area contributed by atoms with E-state index in [1.807, 2.05) is 19.9 Å². The fraction of sp³-hybridized carbons (Fsp3) is 0.818. The van der Waals surface area contributed by atoms with Crippen molar-refractivity contribution >= 4 is 28.8 Å². The molecule has 0 saturated heterocycles. The number of ketones is 2. The van der Waals surface area contributed by atoms with Crippen molar-refractivity contribution in [1.29, 1.82) is 5.26 Å². The summed E-state index contributed by atoms with van der Waals surface area (Å²) in [6, 6.07) is 2.16.